The molecule has 0 saturated carbocycles. The quantitative estimate of drug-likeness (QED) is 0.634. The van der Waals surface area contributed by atoms with Gasteiger partial charge in [0.2, 0.25) is 0 Å². The summed E-state index contributed by atoms with van der Waals surface area (Å²) in [6.07, 6.45) is 3.55. The van der Waals surface area contributed by atoms with E-state index in [2.05, 4.69) is 86.8 Å². The van der Waals surface area contributed by atoms with Crippen LogP contribution in [0.15, 0.2) is 54.6 Å². The average molecular weight is 403 g/mol. The van der Waals surface area contributed by atoms with E-state index >= 15 is 0 Å². The number of hydrogen-bond acceptors (Lipinski definition) is 5. The smallest absolute Gasteiger partial charge is 0.173 e. The minimum absolute atomic E-state index is 0.0964. The normalized spacial score (nSPS) is 20.9. The van der Waals surface area contributed by atoms with Gasteiger partial charge in [-0.2, -0.15) is 0 Å². The first-order valence-electron chi connectivity index (χ1n) is 11.1. The Balaban J connectivity index is 1.43. The lowest BCUT2D eigenvalue weighted by atomic mass is 10.0. The maximum atomic E-state index is 4.53. The van der Waals surface area contributed by atoms with Crippen LogP contribution in [0, 0.1) is 6.92 Å². The van der Waals surface area contributed by atoms with Gasteiger partial charge in [0.25, 0.3) is 0 Å². The second-order valence-electron chi connectivity index (χ2n) is 8.64. The predicted molar refractivity (Wildman–Crippen MR) is 117 cm³/mol. The summed E-state index contributed by atoms with van der Waals surface area (Å²) < 4.78 is 2.01. The van der Waals surface area contributed by atoms with Crippen LogP contribution >= 0.6 is 0 Å². The molecular formula is C24H30N6. The highest BCUT2D eigenvalue weighted by Crippen LogP contribution is 2.32. The molecule has 156 valence electrons. The van der Waals surface area contributed by atoms with Crippen molar-refractivity contribution in [3.8, 4) is 0 Å². The van der Waals surface area contributed by atoms with Crippen molar-refractivity contribution in [2.45, 2.75) is 44.8 Å². The summed E-state index contributed by atoms with van der Waals surface area (Å²) in [5, 5.41) is 13.0. The molecule has 0 radical (unpaired) electrons. The molecule has 3 aromatic rings. The molecule has 0 aliphatic carbocycles. The van der Waals surface area contributed by atoms with E-state index in [-0.39, 0.29) is 6.04 Å². The fraction of sp³-hybridized carbons (Fsp3) is 0.458. The third-order valence-electron chi connectivity index (χ3n) is 6.64. The molecule has 0 N–H and O–H groups in total. The van der Waals surface area contributed by atoms with E-state index in [1.54, 1.807) is 0 Å². The summed E-state index contributed by atoms with van der Waals surface area (Å²) in [5.41, 5.74) is 3.87. The van der Waals surface area contributed by atoms with Crippen LogP contribution in [0.5, 0.6) is 0 Å². The van der Waals surface area contributed by atoms with Gasteiger partial charge in [-0.25, -0.2) is 4.68 Å². The molecule has 6 nitrogen and oxygen atoms in total. The second kappa shape index (κ2) is 8.66. The van der Waals surface area contributed by atoms with E-state index in [0.717, 1.165) is 38.4 Å². The first-order chi connectivity index (χ1) is 14.8. The number of rotatable bonds is 6. The first-order valence-corrected chi connectivity index (χ1v) is 11.1. The molecule has 0 unspecified atom stereocenters. The molecule has 0 bridgehead atoms. The molecule has 2 aliphatic rings. The van der Waals surface area contributed by atoms with Crippen LogP contribution in [0.1, 0.15) is 41.4 Å². The van der Waals surface area contributed by atoms with Crippen LogP contribution in [-0.2, 0) is 13.0 Å². The van der Waals surface area contributed by atoms with Crippen molar-refractivity contribution in [2.75, 3.05) is 26.2 Å². The molecule has 0 amide bonds. The highest BCUT2D eigenvalue weighted by molar-refractivity contribution is 5.28. The lowest BCUT2D eigenvalue weighted by Crippen LogP contribution is -2.51. The highest BCUT2D eigenvalue weighted by atomic mass is 15.6. The van der Waals surface area contributed by atoms with E-state index in [9.17, 15) is 0 Å². The Bertz CT molecular complexity index is 951. The van der Waals surface area contributed by atoms with Crippen LogP contribution in [-0.4, -0.2) is 62.2 Å². The van der Waals surface area contributed by atoms with Crippen molar-refractivity contribution in [1.82, 2.24) is 30.0 Å². The molecule has 5 rings (SSSR count). The molecule has 3 heterocycles. The fourth-order valence-corrected chi connectivity index (χ4v) is 4.97. The Morgan fingerprint density at radius 1 is 1.00 bits per heavy atom. The van der Waals surface area contributed by atoms with Gasteiger partial charge in [-0.3, -0.25) is 9.80 Å². The maximum Gasteiger partial charge on any atom is 0.173 e. The number of nitrogens with zero attached hydrogens (tertiary/aromatic N) is 6. The van der Waals surface area contributed by atoms with Crippen molar-refractivity contribution in [1.29, 1.82) is 0 Å². The number of benzene rings is 2. The highest BCUT2D eigenvalue weighted by Gasteiger charge is 2.36. The van der Waals surface area contributed by atoms with Crippen molar-refractivity contribution in [3.05, 3.63) is 77.1 Å². The minimum atomic E-state index is 0.0964. The van der Waals surface area contributed by atoms with E-state index in [4.69, 9.17) is 0 Å². The van der Waals surface area contributed by atoms with Gasteiger partial charge in [-0.15, -0.1) is 5.10 Å². The molecule has 0 spiro atoms. The lowest BCUT2D eigenvalue weighted by Gasteiger charge is -2.41. The predicted octanol–water partition coefficient (Wildman–Crippen LogP) is 3.09. The standard InChI is InChI=1S/C24H30N6/c1-19-9-11-21(12-10-19)23(29-17-16-28-14-5-8-22(28)18-29)24-25-26-27-30(24)15-13-20-6-3-2-4-7-20/h2-4,6-7,9-12,22-23H,5,8,13-18H2,1H3/t22-,23-/m1/s1. The molecular weight excluding hydrogens is 372 g/mol. The van der Waals surface area contributed by atoms with E-state index in [1.165, 1.54) is 36.1 Å². The first kappa shape index (κ1) is 19.4. The van der Waals surface area contributed by atoms with Gasteiger partial charge in [-0.1, -0.05) is 60.2 Å². The summed E-state index contributed by atoms with van der Waals surface area (Å²) in [4.78, 5) is 5.25. The van der Waals surface area contributed by atoms with Crippen LogP contribution in [0.3, 0.4) is 0 Å². The zero-order valence-electron chi connectivity index (χ0n) is 17.7. The monoisotopic (exact) mass is 402 g/mol. The third kappa shape index (κ3) is 4.02. The van der Waals surface area contributed by atoms with E-state index in [0.29, 0.717) is 6.04 Å². The summed E-state index contributed by atoms with van der Waals surface area (Å²) in [6, 6.07) is 20.2. The number of fused-ring (bicyclic) bond motifs is 1. The molecule has 2 saturated heterocycles. The molecule has 30 heavy (non-hydrogen) atoms. The molecule has 2 atom stereocenters. The summed E-state index contributed by atoms with van der Waals surface area (Å²) in [5.74, 6) is 0.959. The molecule has 1 aromatic heterocycles. The largest absolute Gasteiger partial charge is 0.298 e. The Kier molecular flexibility index (Phi) is 5.60. The minimum Gasteiger partial charge on any atom is -0.298 e. The second-order valence-corrected chi connectivity index (χ2v) is 8.64. The maximum absolute atomic E-state index is 4.53. The number of aromatic nitrogens is 4. The Hall–Kier alpha value is -2.57. The van der Waals surface area contributed by atoms with E-state index in [1.807, 2.05) is 4.68 Å². The Labute approximate surface area is 178 Å². The molecule has 2 aromatic carbocycles. The van der Waals surface area contributed by atoms with Crippen LogP contribution in [0.25, 0.3) is 0 Å². The Morgan fingerprint density at radius 2 is 1.83 bits per heavy atom. The Morgan fingerprint density at radius 3 is 2.67 bits per heavy atom. The number of piperazine rings is 1. The van der Waals surface area contributed by atoms with Crippen LogP contribution in [0.2, 0.25) is 0 Å². The van der Waals surface area contributed by atoms with Gasteiger partial charge in [0.05, 0.1) is 6.04 Å². The zero-order valence-corrected chi connectivity index (χ0v) is 17.7. The van der Waals surface area contributed by atoms with Crippen molar-refractivity contribution < 1.29 is 0 Å². The number of tetrazole rings is 1. The SMILES string of the molecule is Cc1ccc([C@H](c2nnnn2CCc2ccccc2)N2CCN3CCC[C@@H]3C2)cc1. The van der Waals surface area contributed by atoms with Gasteiger partial charge in [-0.05, 0) is 54.3 Å². The van der Waals surface area contributed by atoms with Crippen molar-refractivity contribution in [2.24, 2.45) is 0 Å². The van der Waals surface area contributed by atoms with Crippen molar-refractivity contribution >= 4 is 0 Å². The van der Waals surface area contributed by atoms with Gasteiger partial charge in [0.15, 0.2) is 5.82 Å². The van der Waals surface area contributed by atoms with Gasteiger partial charge in [0.1, 0.15) is 0 Å². The van der Waals surface area contributed by atoms with Crippen molar-refractivity contribution in [3.63, 3.8) is 0 Å². The topological polar surface area (TPSA) is 50.1 Å². The summed E-state index contributed by atoms with van der Waals surface area (Å²) in [6.45, 7) is 7.46. The number of aryl methyl sites for hydroxylation is 3. The summed E-state index contributed by atoms with van der Waals surface area (Å²) in [7, 11) is 0. The third-order valence-corrected chi connectivity index (χ3v) is 6.64. The summed E-state index contributed by atoms with van der Waals surface area (Å²) >= 11 is 0. The van der Waals surface area contributed by atoms with Gasteiger partial charge in [0, 0.05) is 32.2 Å². The molecule has 2 aliphatic heterocycles. The van der Waals surface area contributed by atoms with Crippen LogP contribution < -0.4 is 0 Å². The zero-order chi connectivity index (χ0) is 20.3. The van der Waals surface area contributed by atoms with Gasteiger partial charge >= 0.3 is 0 Å². The van der Waals surface area contributed by atoms with Crippen LogP contribution in [0.4, 0.5) is 0 Å². The average Bonchev–Trinajstić information content (AvgIpc) is 3.44. The fourth-order valence-electron chi connectivity index (χ4n) is 4.97. The van der Waals surface area contributed by atoms with E-state index < -0.39 is 0 Å². The molecule has 6 heteroatoms. The lowest BCUT2D eigenvalue weighted by molar-refractivity contribution is 0.0792. The molecule has 2 fully saturated rings. The number of hydrogen-bond donors (Lipinski definition) is 0. The van der Waals surface area contributed by atoms with Gasteiger partial charge < -0.3 is 0 Å².